The SMILES string of the molecule is CCC(C)N(CCOC)Cc1cccc(N)c1F. The summed E-state index contributed by atoms with van der Waals surface area (Å²) in [5.41, 5.74) is 6.44. The van der Waals surface area contributed by atoms with E-state index < -0.39 is 0 Å². The van der Waals surface area contributed by atoms with Gasteiger partial charge in [-0.15, -0.1) is 0 Å². The van der Waals surface area contributed by atoms with Crippen molar-refractivity contribution < 1.29 is 9.13 Å². The number of benzene rings is 1. The molecule has 18 heavy (non-hydrogen) atoms. The van der Waals surface area contributed by atoms with Crippen LogP contribution < -0.4 is 5.73 Å². The standard InChI is InChI=1S/C14H23FN2O/c1-4-11(2)17(8-9-18-3)10-12-6-5-7-13(16)14(12)15/h5-7,11H,4,8-10,16H2,1-3H3. The van der Waals surface area contributed by atoms with Gasteiger partial charge in [0.2, 0.25) is 0 Å². The summed E-state index contributed by atoms with van der Waals surface area (Å²) in [4.78, 5) is 2.21. The summed E-state index contributed by atoms with van der Waals surface area (Å²) in [6.07, 6.45) is 1.02. The molecule has 0 amide bonds. The Balaban J connectivity index is 2.78. The van der Waals surface area contributed by atoms with E-state index in [2.05, 4.69) is 18.7 Å². The van der Waals surface area contributed by atoms with Gasteiger partial charge >= 0.3 is 0 Å². The Bertz CT molecular complexity index is 371. The molecule has 1 unspecified atom stereocenters. The van der Waals surface area contributed by atoms with Crippen molar-refractivity contribution in [1.82, 2.24) is 4.90 Å². The lowest BCUT2D eigenvalue weighted by atomic mass is 10.1. The molecule has 0 aliphatic rings. The fourth-order valence-corrected chi connectivity index (χ4v) is 1.86. The van der Waals surface area contributed by atoms with Gasteiger partial charge in [-0.25, -0.2) is 4.39 Å². The quantitative estimate of drug-likeness (QED) is 0.760. The van der Waals surface area contributed by atoms with Crippen molar-refractivity contribution in [3.8, 4) is 0 Å². The first kappa shape index (κ1) is 14.9. The molecule has 0 saturated carbocycles. The molecular formula is C14H23FN2O. The van der Waals surface area contributed by atoms with Crippen LogP contribution in [-0.4, -0.2) is 31.2 Å². The maximum Gasteiger partial charge on any atom is 0.150 e. The minimum absolute atomic E-state index is 0.211. The van der Waals surface area contributed by atoms with E-state index in [4.69, 9.17) is 10.5 Å². The molecule has 1 atom stereocenters. The fraction of sp³-hybridized carbons (Fsp3) is 0.571. The summed E-state index contributed by atoms with van der Waals surface area (Å²) in [6.45, 7) is 6.27. The van der Waals surface area contributed by atoms with Crippen molar-refractivity contribution >= 4 is 5.69 Å². The molecule has 4 heteroatoms. The number of nitrogens with zero attached hydrogens (tertiary/aromatic N) is 1. The van der Waals surface area contributed by atoms with Gasteiger partial charge in [-0.05, 0) is 19.4 Å². The second-order valence-electron chi connectivity index (χ2n) is 4.54. The Hall–Kier alpha value is -1.13. The number of halogens is 1. The first-order valence-corrected chi connectivity index (χ1v) is 6.36. The predicted molar refractivity (Wildman–Crippen MR) is 72.9 cm³/mol. The largest absolute Gasteiger partial charge is 0.396 e. The smallest absolute Gasteiger partial charge is 0.150 e. The van der Waals surface area contributed by atoms with Crippen LogP contribution in [0.25, 0.3) is 0 Å². The molecule has 0 bridgehead atoms. The van der Waals surface area contributed by atoms with Crippen LogP contribution in [0.3, 0.4) is 0 Å². The van der Waals surface area contributed by atoms with Gasteiger partial charge in [0.1, 0.15) is 0 Å². The highest BCUT2D eigenvalue weighted by Crippen LogP contribution is 2.18. The van der Waals surface area contributed by atoms with E-state index in [9.17, 15) is 4.39 Å². The van der Waals surface area contributed by atoms with E-state index >= 15 is 0 Å². The number of methoxy groups -OCH3 is 1. The molecule has 1 aromatic rings. The first-order chi connectivity index (χ1) is 8.60. The summed E-state index contributed by atoms with van der Waals surface area (Å²) in [6, 6.07) is 5.55. The zero-order valence-electron chi connectivity index (χ0n) is 11.4. The van der Waals surface area contributed by atoms with Crippen LogP contribution in [0.15, 0.2) is 18.2 Å². The third kappa shape index (κ3) is 3.96. The van der Waals surface area contributed by atoms with Gasteiger partial charge in [0, 0.05) is 31.8 Å². The second kappa shape index (κ2) is 7.34. The van der Waals surface area contributed by atoms with Crippen LogP contribution >= 0.6 is 0 Å². The van der Waals surface area contributed by atoms with E-state index in [1.165, 1.54) is 0 Å². The van der Waals surface area contributed by atoms with Crippen molar-refractivity contribution in [3.05, 3.63) is 29.6 Å². The predicted octanol–water partition coefficient (Wildman–Crippen LogP) is 2.65. The topological polar surface area (TPSA) is 38.5 Å². The van der Waals surface area contributed by atoms with Crippen molar-refractivity contribution in [2.45, 2.75) is 32.9 Å². The number of hydrogen-bond acceptors (Lipinski definition) is 3. The van der Waals surface area contributed by atoms with Gasteiger partial charge in [0.25, 0.3) is 0 Å². The van der Waals surface area contributed by atoms with Crippen LogP contribution in [0.1, 0.15) is 25.8 Å². The Labute approximate surface area is 109 Å². The van der Waals surface area contributed by atoms with E-state index in [1.807, 2.05) is 0 Å². The Morgan fingerprint density at radius 3 is 2.78 bits per heavy atom. The van der Waals surface area contributed by atoms with Crippen LogP contribution in [0, 0.1) is 5.82 Å². The highest BCUT2D eigenvalue weighted by atomic mass is 19.1. The molecule has 0 saturated heterocycles. The molecule has 1 aromatic carbocycles. The summed E-state index contributed by atoms with van der Waals surface area (Å²) in [5.74, 6) is -0.303. The lowest BCUT2D eigenvalue weighted by Crippen LogP contribution is -2.35. The average Bonchev–Trinajstić information content (AvgIpc) is 2.38. The second-order valence-corrected chi connectivity index (χ2v) is 4.54. The van der Waals surface area contributed by atoms with Crippen molar-refractivity contribution in [1.29, 1.82) is 0 Å². The fourth-order valence-electron chi connectivity index (χ4n) is 1.86. The van der Waals surface area contributed by atoms with Crippen LogP contribution in [-0.2, 0) is 11.3 Å². The number of ether oxygens (including phenoxy) is 1. The van der Waals surface area contributed by atoms with Gasteiger partial charge in [-0.1, -0.05) is 19.1 Å². The summed E-state index contributed by atoms with van der Waals surface area (Å²) in [5, 5.41) is 0. The molecule has 1 rings (SSSR count). The number of rotatable bonds is 7. The zero-order chi connectivity index (χ0) is 13.5. The highest BCUT2D eigenvalue weighted by Gasteiger charge is 2.15. The Kier molecular flexibility index (Phi) is 6.09. The van der Waals surface area contributed by atoms with E-state index in [1.54, 1.807) is 25.3 Å². The molecule has 0 aromatic heterocycles. The first-order valence-electron chi connectivity index (χ1n) is 6.36. The van der Waals surface area contributed by atoms with Gasteiger partial charge in [-0.3, -0.25) is 4.90 Å². The van der Waals surface area contributed by atoms with Crippen LogP contribution in [0.5, 0.6) is 0 Å². The third-order valence-corrected chi connectivity index (χ3v) is 3.28. The van der Waals surface area contributed by atoms with Crippen molar-refractivity contribution in [2.75, 3.05) is 26.0 Å². The number of nitrogens with two attached hydrogens (primary N) is 1. The summed E-state index contributed by atoms with van der Waals surface area (Å²) >= 11 is 0. The lowest BCUT2D eigenvalue weighted by molar-refractivity contribution is 0.117. The van der Waals surface area contributed by atoms with Gasteiger partial charge in [0.15, 0.2) is 5.82 Å². The molecule has 3 nitrogen and oxygen atoms in total. The Morgan fingerprint density at radius 2 is 2.17 bits per heavy atom. The van der Waals surface area contributed by atoms with E-state index in [-0.39, 0.29) is 11.5 Å². The average molecular weight is 254 g/mol. The van der Waals surface area contributed by atoms with Gasteiger partial charge < -0.3 is 10.5 Å². The molecule has 102 valence electrons. The van der Waals surface area contributed by atoms with E-state index in [0.29, 0.717) is 24.8 Å². The molecule has 0 radical (unpaired) electrons. The number of anilines is 1. The third-order valence-electron chi connectivity index (χ3n) is 3.28. The van der Waals surface area contributed by atoms with Crippen LogP contribution in [0.4, 0.5) is 10.1 Å². The monoisotopic (exact) mass is 254 g/mol. The number of hydrogen-bond donors (Lipinski definition) is 1. The Morgan fingerprint density at radius 1 is 1.44 bits per heavy atom. The molecular weight excluding hydrogens is 231 g/mol. The van der Waals surface area contributed by atoms with Crippen molar-refractivity contribution in [3.63, 3.8) is 0 Å². The maximum atomic E-state index is 13.9. The number of nitrogen functional groups attached to an aromatic ring is 1. The minimum atomic E-state index is -0.303. The molecule has 2 N–H and O–H groups in total. The highest BCUT2D eigenvalue weighted by molar-refractivity contribution is 5.42. The molecule has 0 fully saturated rings. The molecule has 0 heterocycles. The minimum Gasteiger partial charge on any atom is -0.396 e. The van der Waals surface area contributed by atoms with Gasteiger partial charge in [0.05, 0.1) is 12.3 Å². The van der Waals surface area contributed by atoms with Gasteiger partial charge in [-0.2, -0.15) is 0 Å². The molecule has 0 aliphatic carbocycles. The molecule has 0 spiro atoms. The van der Waals surface area contributed by atoms with Crippen LogP contribution in [0.2, 0.25) is 0 Å². The van der Waals surface area contributed by atoms with E-state index in [0.717, 1.165) is 13.0 Å². The molecule has 0 aliphatic heterocycles. The maximum absolute atomic E-state index is 13.9. The normalized spacial score (nSPS) is 12.9. The summed E-state index contributed by atoms with van der Waals surface area (Å²) < 4.78 is 19.0. The van der Waals surface area contributed by atoms with Crippen molar-refractivity contribution in [2.24, 2.45) is 0 Å². The lowest BCUT2D eigenvalue weighted by Gasteiger charge is -2.28. The zero-order valence-corrected chi connectivity index (χ0v) is 11.4. The summed E-state index contributed by atoms with van der Waals surface area (Å²) in [7, 11) is 1.68.